The van der Waals surface area contributed by atoms with Crippen LogP contribution < -0.4 is 0 Å². The van der Waals surface area contributed by atoms with Gasteiger partial charge in [0.1, 0.15) is 11.5 Å². The van der Waals surface area contributed by atoms with Crippen LogP contribution in [-0.4, -0.2) is 35.8 Å². The first kappa shape index (κ1) is 16.1. The van der Waals surface area contributed by atoms with Gasteiger partial charge in [0.05, 0.1) is 0 Å². The Balaban J connectivity index is 2.56. The lowest BCUT2D eigenvalue weighted by Gasteiger charge is -2.19. The Labute approximate surface area is 132 Å². The number of phenols is 2. The maximum absolute atomic E-state index is 9.51. The highest BCUT2D eigenvalue weighted by atomic mass is 16.3. The molecule has 0 unspecified atom stereocenters. The predicted molar refractivity (Wildman–Crippen MR) is 91.9 cm³/mol. The fraction of sp³-hybridized carbons (Fsp3) is 0.263. The molecule has 0 spiro atoms. The lowest BCUT2D eigenvalue weighted by Crippen LogP contribution is -2.15. The van der Waals surface area contributed by atoms with Crippen molar-refractivity contribution in [2.45, 2.75) is 13.3 Å². The third kappa shape index (κ3) is 3.89. The van der Waals surface area contributed by atoms with Gasteiger partial charge in [-0.1, -0.05) is 31.2 Å². The summed E-state index contributed by atoms with van der Waals surface area (Å²) in [6, 6.07) is 14.7. The molecular weight excluding hydrogens is 274 g/mol. The van der Waals surface area contributed by atoms with Gasteiger partial charge in [0.25, 0.3) is 0 Å². The minimum Gasteiger partial charge on any atom is -0.508 e. The summed E-state index contributed by atoms with van der Waals surface area (Å²) >= 11 is 0. The number of phenolic OH excluding ortho intramolecular Hbond substituents is 2. The van der Waals surface area contributed by atoms with Crippen molar-refractivity contribution in [3.05, 3.63) is 59.7 Å². The molecule has 116 valence electrons. The molecule has 3 nitrogen and oxygen atoms in total. The Morgan fingerprint density at radius 2 is 1.18 bits per heavy atom. The third-order valence-corrected chi connectivity index (χ3v) is 3.62. The quantitative estimate of drug-likeness (QED) is 0.820. The van der Waals surface area contributed by atoms with E-state index < -0.39 is 0 Å². The standard InChI is InChI=1S/C19H23NO2/c1-4-18(14-5-9-16(21)10-6-14)19(13-20(2)3)15-7-11-17(22)12-8-15/h5-12,21-22H,4,13H2,1-3H3/b19-18+. The Hall–Kier alpha value is -2.26. The normalized spacial score (nSPS) is 12.4. The summed E-state index contributed by atoms with van der Waals surface area (Å²) in [5.41, 5.74) is 4.71. The molecule has 0 aliphatic carbocycles. The van der Waals surface area contributed by atoms with Crippen LogP contribution in [0.25, 0.3) is 11.1 Å². The minimum absolute atomic E-state index is 0.274. The maximum Gasteiger partial charge on any atom is 0.115 e. The molecule has 2 N–H and O–H groups in total. The predicted octanol–water partition coefficient (Wildman–Crippen LogP) is 3.98. The number of likely N-dealkylation sites (N-methyl/N-ethyl adjacent to an activating group) is 1. The van der Waals surface area contributed by atoms with Gasteiger partial charge in [0.15, 0.2) is 0 Å². The highest BCUT2D eigenvalue weighted by molar-refractivity contribution is 5.91. The molecule has 0 amide bonds. The van der Waals surface area contributed by atoms with Gasteiger partial charge in [-0.2, -0.15) is 0 Å². The smallest absolute Gasteiger partial charge is 0.115 e. The van der Waals surface area contributed by atoms with Gasteiger partial charge in [-0.25, -0.2) is 0 Å². The van der Waals surface area contributed by atoms with Crippen LogP contribution in [0.3, 0.4) is 0 Å². The van der Waals surface area contributed by atoms with Gasteiger partial charge in [-0.3, -0.25) is 0 Å². The van der Waals surface area contributed by atoms with Gasteiger partial charge in [-0.15, -0.1) is 0 Å². The summed E-state index contributed by atoms with van der Waals surface area (Å²) in [4.78, 5) is 2.14. The van der Waals surface area contributed by atoms with Crippen LogP contribution in [0.1, 0.15) is 24.5 Å². The van der Waals surface area contributed by atoms with Crippen LogP contribution in [0.15, 0.2) is 48.5 Å². The van der Waals surface area contributed by atoms with E-state index in [1.807, 2.05) is 38.4 Å². The molecule has 0 bridgehead atoms. The molecule has 0 aromatic heterocycles. The summed E-state index contributed by atoms with van der Waals surface area (Å²) in [6.07, 6.45) is 0.898. The molecule has 2 aromatic rings. The highest BCUT2D eigenvalue weighted by Gasteiger charge is 2.11. The van der Waals surface area contributed by atoms with E-state index in [1.165, 1.54) is 11.1 Å². The van der Waals surface area contributed by atoms with Gasteiger partial charge in [0.2, 0.25) is 0 Å². The molecule has 0 fully saturated rings. The number of benzene rings is 2. The zero-order chi connectivity index (χ0) is 16.1. The van der Waals surface area contributed by atoms with Crippen LogP contribution in [0.4, 0.5) is 0 Å². The zero-order valence-corrected chi connectivity index (χ0v) is 13.4. The lowest BCUT2D eigenvalue weighted by molar-refractivity contribution is 0.463. The van der Waals surface area contributed by atoms with Crippen molar-refractivity contribution in [1.29, 1.82) is 0 Å². The van der Waals surface area contributed by atoms with Crippen molar-refractivity contribution < 1.29 is 10.2 Å². The van der Waals surface area contributed by atoms with E-state index in [9.17, 15) is 10.2 Å². The molecule has 0 aliphatic heterocycles. The second-order valence-electron chi connectivity index (χ2n) is 5.64. The Bertz CT molecular complexity index is 640. The van der Waals surface area contributed by atoms with Crippen LogP contribution in [0.5, 0.6) is 11.5 Å². The monoisotopic (exact) mass is 297 g/mol. The van der Waals surface area contributed by atoms with Crippen LogP contribution in [0, 0.1) is 0 Å². The molecule has 0 radical (unpaired) electrons. The van der Waals surface area contributed by atoms with Gasteiger partial charge < -0.3 is 15.1 Å². The summed E-state index contributed by atoms with van der Waals surface area (Å²) in [5.74, 6) is 0.550. The second kappa shape index (κ2) is 7.14. The first-order valence-electron chi connectivity index (χ1n) is 7.46. The van der Waals surface area contributed by atoms with Gasteiger partial charge in [0, 0.05) is 6.54 Å². The molecule has 3 heteroatoms. The molecule has 2 aromatic carbocycles. The summed E-state index contributed by atoms with van der Waals surface area (Å²) in [7, 11) is 4.09. The number of aromatic hydroxyl groups is 2. The number of hydrogen-bond acceptors (Lipinski definition) is 3. The molecule has 0 atom stereocenters. The van der Waals surface area contributed by atoms with E-state index in [1.54, 1.807) is 24.3 Å². The fourth-order valence-corrected chi connectivity index (χ4v) is 2.59. The molecule has 0 aliphatic rings. The average molecular weight is 297 g/mol. The molecule has 2 rings (SSSR count). The zero-order valence-electron chi connectivity index (χ0n) is 13.4. The third-order valence-electron chi connectivity index (χ3n) is 3.62. The molecule has 0 saturated heterocycles. The number of allylic oxidation sites excluding steroid dienone is 1. The van der Waals surface area contributed by atoms with E-state index in [0.717, 1.165) is 24.1 Å². The van der Waals surface area contributed by atoms with E-state index in [0.29, 0.717) is 0 Å². The van der Waals surface area contributed by atoms with Gasteiger partial charge >= 0.3 is 0 Å². The minimum atomic E-state index is 0.274. The molecule has 22 heavy (non-hydrogen) atoms. The maximum atomic E-state index is 9.51. The Morgan fingerprint density at radius 1 is 0.773 bits per heavy atom. The van der Waals surface area contributed by atoms with Crippen LogP contribution in [0.2, 0.25) is 0 Å². The second-order valence-corrected chi connectivity index (χ2v) is 5.64. The SMILES string of the molecule is CC/C(=C(/CN(C)C)c1ccc(O)cc1)c1ccc(O)cc1. The van der Waals surface area contributed by atoms with Crippen molar-refractivity contribution in [3.8, 4) is 11.5 Å². The molecule has 0 heterocycles. The van der Waals surface area contributed by atoms with Crippen molar-refractivity contribution in [2.75, 3.05) is 20.6 Å². The topological polar surface area (TPSA) is 43.7 Å². The number of hydrogen-bond donors (Lipinski definition) is 2. The Morgan fingerprint density at radius 3 is 1.55 bits per heavy atom. The average Bonchev–Trinajstić information content (AvgIpc) is 2.49. The highest BCUT2D eigenvalue weighted by Crippen LogP contribution is 2.31. The van der Waals surface area contributed by atoms with Crippen LogP contribution >= 0.6 is 0 Å². The molecular formula is C19H23NO2. The summed E-state index contributed by atoms with van der Waals surface area (Å²) < 4.78 is 0. The fourth-order valence-electron chi connectivity index (χ4n) is 2.59. The van der Waals surface area contributed by atoms with E-state index in [2.05, 4.69) is 11.8 Å². The summed E-state index contributed by atoms with van der Waals surface area (Å²) in [6.45, 7) is 2.95. The van der Waals surface area contributed by atoms with Crippen molar-refractivity contribution in [3.63, 3.8) is 0 Å². The van der Waals surface area contributed by atoms with Crippen molar-refractivity contribution in [1.82, 2.24) is 4.90 Å². The number of rotatable bonds is 5. The van der Waals surface area contributed by atoms with Crippen LogP contribution in [-0.2, 0) is 0 Å². The van der Waals surface area contributed by atoms with E-state index in [-0.39, 0.29) is 11.5 Å². The van der Waals surface area contributed by atoms with Crippen molar-refractivity contribution in [2.24, 2.45) is 0 Å². The summed E-state index contributed by atoms with van der Waals surface area (Å²) in [5, 5.41) is 19.0. The first-order chi connectivity index (χ1) is 10.5. The van der Waals surface area contributed by atoms with E-state index >= 15 is 0 Å². The number of nitrogens with zero attached hydrogens (tertiary/aromatic N) is 1. The largest absolute Gasteiger partial charge is 0.508 e. The molecule has 0 saturated carbocycles. The first-order valence-corrected chi connectivity index (χ1v) is 7.46. The van der Waals surface area contributed by atoms with Gasteiger partial charge in [-0.05, 0) is 67.1 Å². The Kier molecular flexibility index (Phi) is 5.23. The lowest BCUT2D eigenvalue weighted by atomic mass is 9.92. The van der Waals surface area contributed by atoms with Crippen molar-refractivity contribution >= 4 is 11.1 Å². The van der Waals surface area contributed by atoms with E-state index in [4.69, 9.17) is 0 Å².